The number of amides is 1. The lowest BCUT2D eigenvalue weighted by Gasteiger charge is -2.25. The molecule has 3 heterocycles. The Morgan fingerprint density at radius 1 is 1.20 bits per heavy atom. The molecule has 1 saturated heterocycles. The molecule has 0 radical (unpaired) electrons. The minimum Gasteiger partial charge on any atom is -0.455 e. The number of nitrogens with zero attached hydrogens (tertiary/aromatic N) is 3. The lowest BCUT2D eigenvalue weighted by molar-refractivity contribution is 0.0991. The third kappa shape index (κ3) is 4.94. The molecule has 4 rings (SSSR count). The number of benzene rings is 1. The summed E-state index contributed by atoms with van der Waals surface area (Å²) in [4.78, 5) is 14.9. The van der Waals surface area contributed by atoms with Crippen molar-refractivity contribution < 1.29 is 13.6 Å². The van der Waals surface area contributed by atoms with Gasteiger partial charge in [0.2, 0.25) is 0 Å². The Morgan fingerprint density at radius 3 is 2.77 bits per heavy atom. The van der Waals surface area contributed by atoms with Crippen molar-refractivity contribution in [2.75, 3.05) is 18.4 Å². The molecule has 0 bridgehead atoms. The molecule has 1 amide bonds. The zero-order chi connectivity index (χ0) is 21.1. The Morgan fingerprint density at radius 2 is 2.00 bits per heavy atom. The summed E-state index contributed by atoms with van der Waals surface area (Å²) in [6.07, 6.45) is 5.32. The zero-order valence-corrected chi connectivity index (χ0v) is 18.5. The van der Waals surface area contributed by atoms with Crippen LogP contribution >= 0.6 is 27.5 Å². The van der Waals surface area contributed by atoms with E-state index >= 15 is 0 Å². The quantitative estimate of drug-likeness (QED) is 0.503. The molecule has 0 saturated carbocycles. The summed E-state index contributed by atoms with van der Waals surface area (Å²) in [5, 5.41) is 7.37. The molecular formula is C21H21BrClFN4O2. The summed E-state index contributed by atoms with van der Waals surface area (Å²) in [6.45, 7) is 2.95. The molecule has 1 aliphatic heterocycles. The summed E-state index contributed by atoms with van der Waals surface area (Å²) in [6, 6.07) is 8.02. The van der Waals surface area contributed by atoms with Crippen molar-refractivity contribution >= 4 is 39.3 Å². The number of hydrogen-bond donors (Lipinski definition) is 1. The van der Waals surface area contributed by atoms with Gasteiger partial charge < -0.3 is 9.73 Å². The third-order valence-corrected chi connectivity index (χ3v) is 5.98. The molecule has 30 heavy (non-hydrogen) atoms. The fourth-order valence-corrected chi connectivity index (χ4v) is 4.14. The Kier molecular flexibility index (Phi) is 6.55. The zero-order valence-electron chi connectivity index (χ0n) is 16.2. The molecule has 3 aromatic rings. The van der Waals surface area contributed by atoms with E-state index in [0.29, 0.717) is 27.4 Å². The van der Waals surface area contributed by atoms with Crippen molar-refractivity contribution in [2.45, 2.75) is 32.4 Å². The van der Waals surface area contributed by atoms with Crippen LogP contribution in [0.3, 0.4) is 0 Å². The second-order valence-electron chi connectivity index (χ2n) is 7.28. The van der Waals surface area contributed by atoms with Gasteiger partial charge in [-0.2, -0.15) is 5.10 Å². The van der Waals surface area contributed by atoms with Crippen molar-refractivity contribution in [3.05, 3.63) is 68.9 Å². The molecule has 1 fully saturated rings. The number of hydrogen-bond acceptors (Lipinski definition) is 4. The van der Waals surface area contributed by atoms with Crippen LogP contribution in [-0.4, -0.2) is 33.7 Å². The Hall–Kier alpha value is -2.16. The number of nitrogens with one attached hydrogen (secondary N) is 1. The summed E-state index contributed by atoms with van der Waals surface area (Å²) < 4.78 is 21.8. The van der Waals surface area contributed by atoms with Crippen LogP contribution in [0.1, 0.15) is 41.1 Å². The second kappa shape index (κ2) is 9.32. The first-order valence-corrected chi connectivity index (χ1v) is 10.9. The van der Waals surface area contributed by atoms with Crippen LogP contribution in [0.4, 0.5) is 10.2 Å². The molecular weight excluding hydrogens is 475 g/mol. The highest BCUT2D eigenvalue weighted by molar-refractivity contribution is 9.10. The minimum absolute atomic E-state index is 0.140. The van der Waals surface area contributed by atoms with E-state index < -0.39 is 11.7 Å². The van der Waals surface area contributed by atoms with Crippen LogP contribution in [0.25, 0.3) is 0 Å². The number of carbonyl (C=O) groups excluding carboxylic acids is 1. The summed E-state index contributed by atoms with van der Waals surface area (Å²) in [5.41, 5.74) is 0.334. The van der Waals surface area contributed by atoms with Gasteiger partial charge in [-0.15, -0.1) is 0 Å². The van der Waals surface area contributed by atoms with Gasteiger partial charge in [0.25, 0.3) is 5.91 Å². The monoisotopic (exact) mass is 494 g/mol. The first kappa shape index (κ1) is 21.1. The smallest absolute Gasteiger partial charge is 0.292 e. The largest absolute Gasteiger partial charge is 0.455 e. The molecule has 0 atom stereocenters. The fraction of sp³-hybridized carbons (Fsp3) is 0.333. The number of piperidine rings is 1. The molecule has 9 heteroatoms. The van der Waals surface area contributed by atoms with Gasteiger partial charge in [0.05, 0.1) is 17.6 Å². The highest BCUT2D eigenvalue weighted by Gasteiger charge is 2.18. The van der Waals surface area contributed by atoms with Gasteiger partial charge in [0.1, 0.15) is 11.6 Å². The standard InChI is InChI=1S/C21H21BrClFN4O2/c22-16-13-28(12-15-17(23)5-4-6-18(15)24)26-20(16)25-21(29)19-8-7-14(30-19)11-27-9-2-1-3-10-27/h4-8,13H,1-3,9-12H2,(H,25,26,29). The van der Waals surface area contributed by atoms with Gasteiger partial charge in [-0.1, -0.05) is 24.1 Å². The van der Waals surface area contributed by atoms with Gasteiger partial charge in [0, 0.05) is 16.8 Å². The maximum absolute atomic E-state index is 14.0. The number of carbonyl (C=O) groups is 1. The van der Waals surface area contributed by atoms with E-state index in [1.807, 2.05) is 6.07 Å². The van der Waals surface area contributed by atoms with Gasteiger partial charge in [0.15, 0.2) is 11.6 Å². The molecule has 1 aromatic carbocycles. The van der Waals surface area contributed by atoms with Gasteiger partial charge in [-0.05, 0) is 66.1 Å². The fourth-order valence-electron chi connectivity index (χ4n) is 3.50. The van der Waals surface area contributed by atoms with Crippen LogP contribution < -0.4 is 5.32 Å². The van der Waals surface area contributed by atoms with Gasteiger partial charge in [-0.25, -0.2) is 4.39 Å². The maximum atomic E-state index is 14.0. The molecule has 0 unspecified atom stereocenters. The summed E-state index contributed by atoms with van der Waals surface area (Å²) in [7, 11) is 0. The molecule has 6 nitrogen and oxygen atoms in total. The number of rotatable bonds is 6. The minimum atomic E-state index is -0.406. The molecule has 158 valence electrons. The Bertz CT molecular complexity index is 1030. The molecule has 2 aromatic heterocycles. The summed E-state index contributed by atoms with van der Waals surface area (Å²) >= 11 is 9.46. The average Bonchev–Trinajstić information content (AvgIpc) is 3.32. The Labute approximate surface area is 187 Å². The van der Waals surface area contributed by atoms with E-state index in [1.54, 1.807) is 24.4 Å². The SMILES string of the molecule is O=C(Nc1nn(Cc2c(F)cccc2Cl)cc1Br)c1ccc(CN2CCCCC2)o1. The third-order valence-electron chi connectivity index (χ3n) is 5.04. The van der Waals surface area contributed by atoms with Crippen molar-refractivity contribution in [1.82, 2.24) is 14.7 Å². The highest BCUT2D eigenvalue weighted by Crippen LogP contribution is 2.25. The molecule has 1 N–H and O–H groups in total. The summed E-state index contributed by atoms with van der Waals surface area (Å²) in [5.74, 6) is 0.509. The number of anilines is 1. The lowest BCUT2D eigenvalue weighted by atomic mass is 10.1. The van der Waals surface area contributed by atoms with E-state index in [2.05, 4.69) is 31.2 Å². The predicted molar refractivity (Wildman–Crippen MR) is 116 cm³/mol. The van der Waals surface area contributed by atoms with Gasteiger partial charge >= 0.3 is 0 Å². The van der Waals surface area contributed by atoms with E-state index in [9.17, 15) is 9.18 Å². The van der Waals surface area contributed by atoms with E-state index in [0.717, 1.165) is 18.8 Å². The topological polar surface area (TPSA) is 63.3 Å². The molecule has 0 aliphatic carbocycles. The number of halogens is 3. The first-order chi connectivity index (χ1) is 14.5. The van der Waals surface area contributed by atoms with Crippen LogP contribution in [0.2, 0.25) is 5.02 Å². The van der Waals surface area contributed by atoms with Crippen molar-refractivity contribution in [3.8, 4) is 0 Å². The lowest BCUT2D eigenvalue weighted by Crippen LogP contribution is -2.28. The van der Waals surface area contributed by atoms with Crippen LogP contribution in [-0.2, 0) is 13.1 Å². The van der Waals surface area contributed by atoms with Crippen LogP contribution in [0, 0.1) is 5.82 Å². The van der Waals surface area contributed by atoms with E-state index in [-0.39, 0.29) is 12.3 Å². The van der Waals surface area contributed by atoms with E-state index in [1.165, 1.54) is 30.0 Å². The predicted octanol–water partition coefficient (Wildman–Crippen LogP) is 5.32. The Balaban J connectivity index is 1.41. The van der Waals surface area contributed by atoms with Crippen LogP contribution in [0.15, 0.2) is 45.4 Å². The van der Waals surface area contributed by atoms with E-state index in [4.69, 9.17) is 16.0 Å². The van der Waals surface area contributed by atoms with Crippen molar-refractivity contribution in [1.29, 1.82) is 0 Å². The number of likely N-dealkylation sites (tertiary alicyclic amines) is 1. The average molecular weight is 496 g/mol. The second-order valence-corrected chi connectivity index (χ2v) is 8.54. The molecule has 1 aliphatic rings. The van der Waals surface area contributed by atoms with Crippen molar-refractivity contribution in [2.24, 2.45) is 0 Å². The van der Waals surface area contributed by atoms with Gasteiger partial charge in [-0.3, -0.25) is 14.4 Å². The highest BCUT2D eigenvalue weighted by atomic mass is 79.9. The van der Waals surface area contributed by atoms with Crippen molar-refractivity contribution in [3.63, 3.8) is 0 Å². The number of aromatic nitrogens is 2. The number of furan rings is 1. The normalized spacial score (nSPS) is 14.8. The maximum Gasteiger partial charge on any atom is 0.292 e. The molecule has 0 spiro atoms. The van der Waals surface area contributed by atoms with Crippen LogP contribution in [0.5, 0.6) is 0 Å². The first-order valence-electron chi connectivity index (χ1n) is 9.78.